The molecule has 29 heavy (non-hydrogen) atoms. The van der Waals surface area contributed by atoms with Crippen molar-refractivity contribution in [3.05, 3.63) is 66.6 Å². The highest BCUT2D eigenvalue weighted by Crippen LogP contribution is 2.17. The highest BCUT2D eigenvalue weighted by Gasteiger charge is 2.08. The Morgan fingerprint density at radius 1 is 0.759 bits per heavy atom. The van der Waals surface area contributed by atoms with Crippen LogP contribution in [-0.2, 0) is 0 Å². The number of nitrogens with zero attached hydrogens (tertiary/aromatic N) is 3. The number of aryl methyl sites for hydroxylation is 1. The summed E-state index contributed by atoms with van der Waals surface area (Å²) in [6.45, 7) is 27.7. The third-order valence-electron chi connectivity index (χ3n) is 2.68. The van der Waals surface area contributed by atoms with E-state index in [0.717, 1.165) is 17.6 Å². The average Bonchev–Trinajstić information content (AvgIpc) is 2.78. The molecule has 0 aromatic carbocycles. The van der Waals surface area contributed by atoms with Crippen molar-refractivity contribution in [2.75, 3.05) is 0 Å². The second-order valence-electron chi connectivity index (χ2n) is 4.46. The molecule has 0 bridgehead atoms. The summed E-state index contributed by atoms with van der Waals surface area (Å²) in [7, 11) is 0. The van der Waals surface area contributed by atoms with E-state index in [-0.39, 0.29) is 0 Å². The molecule has 3 heteroatoms. The molecule has 0 aliphatic rings. The predicted molar refractivity (Wildman–Crippen MR) is 136 cm³/mol. The minimum Gasteiger partial charge on any atom is -0.213 e. The first-order valence-corrected chi connectivity index (χ1v) is 11.2. The monoisotopic (exact) mass is 401 g/mol. The molecule has 3 nitrogen and oxygen atoms in total. The summed E-state index contributed by atoms with van der Waals surface area (Å²) in [4.78, 5) is 13.5. The highest BCUT2D eigenvalue weighted by molar-refractivity contribution is 5.73. The van der Waals surface area contributed by atoms with Crippen LogP contribution in [0, 0.1) is 6.92 Å². The van der Waals surface area contributed by atoms with E-state index in [4.69, 9.17) is 0 Å². The molecule has 0 saturated heterocycles. The van der Waals surface area contributed by atoms with Gasteiger partial charge in [-0.3, -0.25) is 0 Å². The topological polar surface area (TPSA) is 38.7 Å². The van der Waals surface area contributed by atoms with Gasteiger partial charge in [-0.15, -0.1) is 0 Å². The van der Waals surface area contributed by atoms with Gasteiger partial charge in [0.25, 0.3) is 0 Å². The highest BCUT2D eigenvalue weighted by atomic mass is 15.0. The van der Waals surface area contributed by atoms with Crippen LogP contribution in [-0.4, -0.2) is 15.0 Å². The lowest BCUT2D eigenvalue weighted by molar-refractivity contribution is 0.933. The van der Waals surface area contributed by atoms with E-state index < -0.39 is 0 Å². The number of allylic oxidation sites excluding steroid dienone is 9. The fourth-order valence-corrected chi connectivity index (χ4v) is 1.88. The molecule has 0 fully saturated rings. The molecule has 1 heterocycles. The molecule has 0 spiro atoms. The van der Waals surface area contributed by atoms with Gasteiger partial charge < -0.3 is 0 Å². The minimum absolute atomic E-state index is 0.669. The molecule has 0 saturated carbocycles. The van der Waals surface area contributed by atoms with E-state index in [1.807, 2.05) is 107 Å². The van der Waals surface area contributed by atoms with Crippen LogP contribution in [0.3, 0.4) is 0 Å². The van der Waals surface area contributed by atoms with E-state index >= 15 is 0 Å². The molecule has 0 N–H and O–H groups in total. The van der Waals surface area contributed by atoms with Gasteiger partial charge in [-0.25, -0.2) is 15.0 Å². The summed E-state index contributed by atoms with van der Waals surface area (Å²) in [6.07, 6.45) is 14.6. The van der Waals surface area contributed by atoms with Gasteiger partial charge >= 0.3 is 0 Å². The van der Waals surface area contributed by atoms with Gasteiger partial charge in [0.15, 0.2) is 11.6 Å². The lowest BCUT2D eigenvalue weighted by Gasteiger charge is -2.06. The van der Waals surface area contributed by atoms with Crippen LogP contribution < -0.4 is 0 Å². The van der Waals surface area contributed by atoms with Crippen molar-refractivity contribution in [1.82, 2.24) is 15.0 Å². The maximum Gasteiger partial charge on any atom is 0.163 e. The van der Waals surface area contributed by atoms with E-state index in [1.54, 1.807) is 6.08 Å². The van der Waals surface area contributed by atoms with Gasteiger partial charge in [0.1, 0.15) is 5.82 Å². The number of aromatic nitrogens is 3. The van der Waals surface area contributed by atoms with Crippen LogP contribution in [0.15, 0.2) is 49.1 Å². The first-order valence-electron chi connectivity index (χ1n) is 11.2. The average molecular weight is 402 g/mol. The number of hydrogen-bond acceptors (Lipinski definition) is 3. The largest absolute Gasteiger partial charge is 0.213 e. The van der Waals surface area contributed by atoms with Gasteiger partial charge in [-0.05, 0) is 27.2 Å². The Morgan fingerprint density at radius 2 is 1.17 bits per heavy atom. The maximum absolute atomic E-state index is 4.60. The van der Waals surface area contributed by atoms with Crippen molar-refractivity contribution in [1.29, 1.82) is 0 Å². The molecule has 1 aromatic rings. The van der Waals surface area contributed by atoms with Crippen LogP contribution in [0.4, 0.5) is 0 Å². The molecule has 0 aliphatic carbocycles. The van der Waals surface area contributed by atoms with Crippen LogP contribution >= 0.6 is 0 Å². The summed E-state index contributed by atoms with van der Waals surface area (Å²) >= 11 is 0. The van der Waals surface area contributed by atoms with E-state index in [0.29, 0.717) is 17.5 Å². The van der Waals surface area contributed by atoms with Gasteiger partial charge in [-0.1, -0.05) is 111 Å². The fraction of sp³-hybridized carbons (Fsp3) is 0.500. The summed E-state index contributed by atoms with van der Waals surface area (Å²) < 4.78 is 0. The second-order valence-corrected chi connectivity index (χ2v) is 4.46. The molecule has 1 rings (SSSR count). The lowest BCUT2D eigenvalue weighted by atomic mass is 10.1. The van der Waals surface area contributed by atoms with Crippen LogP contribution in [0.1, 0.15) is 100 Å². The standard InChI is InChI=1S/C18H23N3.4C2H6/c1-6-10-15(11-7-2)17-19-14(5)20-18(21-17)16(12-8-3)13-9-4;4*1-2/h6-8,10-13H,1,9H2,2-5H3;4*1-2H3/b11-7-,12-8-,15-10+,16-13+;;;;. The third kappa shape index (κ3) is 16.4. The summed E-state index contributed by atoms with van der Waals surface area (Å²) in [5.74, 6) is 2.08. The maximum atomic E-state index is 4.60. The summed E-state index contributed by atoms with van der Waals surface area (Å²) in [6, 6.07) is 0. The van der Waals surface area contributed by atoms with Gasteiger partial charge in [0, 0.05) is 11.1 Å². The minimum atomic E-state index is 0.669. The zero-order chi connectivity index (χ0) is 23.7. The SMILES string of the molecule is C=C/C=C(\C=C/C)c1nc(C)nc(C(/C=C\C)=C/CC)n1.CC.CC.CC.CC. The Bertz CT molecular complexity index is 606. The van der Waals surface area contributed by atoms with Gasteiger partial charge in [0.05, 0.1) is 0 Å². The van der Waals surface area contributed by atoms with Crippen LogP contribution in [0.25, 0.3) is 11.1 Å². The number of hydrogen-bond donors (Lipinski definition) is 0. The van der Waals surface area contributed by atoms with E-state index in [1.165, 1.54) is 0 Å². The first kappa shape index (κ1) is 34.2. The zero-order valence-corrected chi connectivity index (χ0v) is 21.3. The second kappa shape index (κ2) is 27.9. The molecular formula is C26H47N3. The Hall–Kier alpha value is -2.29. The smallest absolute Gasteiger partial charge is 0.163 e. The quantitative estimate of drug-likeness (QED) is 0.447. The zero-order valence-electron chi connectivity index (χ0n) is 21.3. The van der Waals surface area contributed by atoms with Gasteiger partial charge in [-0.2, -0.15) is 0 Å². The van der Waals surface area contributed by atoms with E-state index in [2.05, 4.69) is 34.5 Å². The normalized spacial score (nSPS) is 10.5. The summed E-state index contributed by atoms with van der Waals surface area (Å²) in [5.41, 5.74) is 1.95. The lowest BCUT2D eigenvalue weighted by Crippen LogP contribution is -2.04. The van der Waals surface area contributed by atoms with Crippen molar-refractivity contribution in [2.45, 2.75) is 89.5 Å². The molecular weight excluding hydrogens is 354 g/mol. The molecule has 0 atom stereocenters. The van der Waals surface area contributed by atoms with Crippen molar-refractivity contribution >= 4 is 11.1 Å². The Balaban J connectivity index is -0.000000347. The first-order chi connectivity index (χ1) is 14.2. The van der Waals surface area contributed by atoms with Crippen molar-refractivity contribution in [3.8, 4) is 0 Å². The Morgan fingerprint density at radius 3 is 1.55 bits per heavy atom. The van der Waals surface area contributed by atoms with Crippen molar-refractivity contribution < 1.29 is 0 Å². The van der Waals surface area contributed by atoms with E-state index in [9.17, 15) is 0 Å². The third-order valence-corrected chi connectivity index (χ3v) is 2.68. The molecule has 0 amide bonds. The molecule has 0 unspecified atom stereocenters. The van der Waals surface area contributed by atoms with Crippen LogP contribution in [0.2, 0.25) is 0 Å². The predicted octanol–water partition coefficient (Wildman–Crippen LogP) is 8.80. The fourth-order valence-electron chi connectivity index (χ4n) is 1.88. The van der Waals surface area contributed by atoms with Crippen molar-refractivity contribution in [2.24, 2.45) is 0 Å². The Kier molecular flexibility index (Phi) is 33.0. The molecule has 0 radical (unpaired) electrons. The van der Waals surface area contributed by atoms with Crippen LogP contribution in [0.5, 0.6) is 0 Å². The number of rotatable bonds is 6. The summed E-state index contributed by atoms with van der Waals surface area (Å²) in [5, 5.41) is 0. The molecule has 0 aliphatic heterocycles. The molecule has 1 aromatic heterocycles. The van der Waals surface area contributed by atoms with Gasteiger partial charge in [0.2, 0.25) is 0 Å². The Labute approximate surface area is 182 Å². The van der Waals surface area contributed by atoms with Crippen molar-refractivity contribution in [3.63, 3.8) is 0 Å². The molecule has 166 valence electrons.